The van der Waals surface area contributed by atoms with Crippen LogP contribution in [-0.4, -0.2) is 37.6 Å². The van der Waals surface area contributed by atoms with E-state index in [1.165, 1.54) is 46.0 Å². The predicted molar refractivity (Wildman–Crippen MR) is 99.8 cm³/mol. The molecule has 2 aromatic rings. The zero-order chi connectivity index (χ0) is 18.7. The highest BCUT2D eigenvalue weighted by Gasteiger charge is 2.26. The number of carbonyl (C=O) groups excluding carboxylic acids is 2. The summed E-state index contributed by atoms with van der Waals surface area (Å²) in [5.41, 5.74) is 5.69. The minimum Gasteiger partial charge on any atom is -0.366 e. The first-order valence-corrected chi connectivity index (χ1v) is 10.5. The lowest BCUT2D eigenvalue weighted by atomic mass is 10.2. The van der Waals surface area contributed by atoms with Gasteiger partial charge in [0.15, 0.2) is 0 Å². The van der Waals surface area contributed by atoms with Gasteiger partial charge in [0.05, 0.1) is 10.5 Å². The maximum atomic E-state index is 12.8. The number of thiophene rings is 1. The Hall–Kier alpha value is -2.23. The van der Waals surface area contributed by atoms with Crippen molar-refractivity contribution in [1.29, 1.82) is 0 Å². The first-order valence-electron chi connectivity index (χ1n) is 8.18. The number of piperidine rings is 1. The molecule has 0 spiro atoms. The van der Waals surface area contributed by atoms with Crippen molar-refractivity contribution in [2.24, 2.45) is 5.73 Å². The van der Waals surface area contributed by atoms with Crippen LogP contribution in [0.25, 0.3) is 0 Å². The van der Waals surface area contributed by atoms with Crippen LogP contribution in [0.3, 0.4) is 0 Å². The van der Waals surface area contributed by atoms with Crippen molar-refractivity contribution in [3.8, 4) is 0 Å². The summed E-state index contributed by atoms with van der Waals surface area (Å²) in [7, 11) is -3.62. The average molecular weight is 393 g/mol. The molecule has 3 rings (SSSR count). The van der Waals surface area contributed by atoms with Crippen LogP contribution in [0.2, 0.25) is 0 Å². The van der Waals surface area contributed by atoms with Crippen molar-refractivity contribution in [3.63, 3.8) is 0 Å². The first kappa shape index (κ1) is 18.6. The second-order valence-electron chi connectivity index (χ2n) is 5.97. The van der Waals surface area contributed by atoms with E-state index in [4.69, 9.17) is 5.73 Å². The second kappa shape index (κ2) is 7.56. The summed E-state index contributed by atoms with van der Waals surface area (Å²) < 4.78 is 27.0. The Bertz CT molecular complexity index is 931. The van der Waals surface area contributed by atoms with Gasteiger partial charge in [0.25, 0.3) is 11.8 Å². The van der Waals surface area contributed by atoms with Gasteiger partial charge >= 0.3 is 0 Å². The van der Waals surface area contributed by atoms with Crippen LogP contribution in [0.15, 0.2) is 40.6 Å². The van der Waals surface area contributed by atoms with E-state index in [2.05, 4.69) is 5.32 Å². The van der Waals surface area contributed by atoms with Gasteiger partial charge in [-0.3, -0.25) is 9.59 Å². The molecule has 1 aromatic heterocycles. The average Bonchev–Trinajstić information content (AvgIpc) is 3.11. The molecule has 1 aliphatic heterocycles. The molecule has 0 saturated carbocycles. The molecule has 9 heteroatoms. The molecule has 3 N–H and O–H groups in total. The monoisotopic (exact) mass is 393 g/mol. The van der Waals surface area contributed by atoms with E-state index in [9.17, 15) is 18.0 Å². The number of carbonyl (C=O) groups is 2. The fourth-order valence-corrected chi connectivity index (χ4v) is 5.18. The zero-order valence-corrected chi connectivity index (χ0v) is 15.6. The molecule has 7 nitrogen and oxygen atoms in total. The topological polar surface area (TPSA) is 110 Å². The highest BCUT2D eigenvalue weighted by molar-refractivity contribution is 7.89. The molecular weight excluding hydrogens is 374 g/mol. The molecule has 0 bridgehead atoms. The van der Waals surface area contributed by atoms with Crippen molar-refractivity contribution in [1.82, 2.24) is 4.31 Å². The van der Waals surface area contributed by atoms with Crippen LogP contribution in [-0.2, 0) is 10.0 Å². The Kier molecular flexibility index (Phi) is 5.40. The maximum absolute atomic E-state index is 12.8. The number of nitrogens with two attached hydrogens (primary N) is 1. The van der Waals surface area contributed by atoms with Gasteiger partial charge in [-0.1, -0.05) is 12.5 Å². The van der Waals surface area contributed by atoms with Gasteiger partial charge in [-0.25, -0.2) is 8.42 Å². The van der Waals surface area contributed by atoms with E-state index in [1.54, 1.807) is 5.38 Å². The minimum absolute atomic E-state index is 0.0911. The summed E-state index contributed by atoms with van der Waals surface area (Å²) in [6.07, 6.45) is 2.71. The lowest BCUT2D eigenvalue weighted by molar-refractivity contribution is 0.100. The van der Waals surface area contributed by atoms with Gasteiger partial charge in [0.1, 0.15) is 5.00 Å². The number of primary amides is 1. The van der Waals surface area contributed by atoms with E-state index in [-0.39, 0.29) is 16.0 Å². The number of anilines is 1. The first-order chi connectivity index (χ1) is 12.4. The van der Waals surface area contributed by atoms with Crippen molar-refractivity contribution < 1.29 is 18.0 Å². The third-order valence-corrected chi connectivity index (χ3v) is 6.93. The molecule has 1 fully saturated rings. The van der Waals surface area contributed by atoms with Gasteiger partial charge in [-0.2, -0.15) is 4.31 Å². The number of nitrogens with one attached hydrogen (secondary N) is 1. The van der Waals surface area contributed by atoms with E-state index < -0.39 is 21.8 Å². The van der Waals surface area contributed by atoms with Gasteiger partial charge in [-0.15, -0.1) is 11.3 Å². The van der Waals surface area contributed by atoms with Gasteiger partial charge in [0, 0.05) is 18.7 Å². The zero-order valence-electron chi connectivity index (χ0n) is 14.0. The van der Waals surface area contributed by atoms with Gasteiger partial charge in [-0.05, 0) is 42.5 Å². The molecule has 1 aliphatic rings. The highest BCUT2D eigenvalue weighted by atomic mass is 32.2. The van der Waals surface area contributed by atoms with Crippen LogP contribution in [0.4, 0.5) is 5.00 Å². The van der Waals surface area contributed by atoms with Crippen LogP contribution in [0.1, 0.15) is 40.0 Å². The Morgan fingerprint density at radius 2 is 1.85 bits per heavy atom. The number of sulfonamides is 1. The number of hydrogen-bond acceptors (Lipinski definition) is 5. The molecular formula is C17H19N3O4S2. The molecule has 2 heterocycles. The third-order valence-electron chi connectivity index (χ3n) is 4.21. The number of benzene rings is 1. The van der Waals surface area contributed by atoms with Crippen molar-refractivity contribution in [3.05, 3.63) is 46.8 Å². The van der Waals surface area contributed by atoms with Gasteiger partial charge in [0.2, 0.25) is 10.0 Å². The van der Waals surface area contributed by atoms with Crippen LogP contribution < -0.4 is 11.1 Å². The quantitative estimate of drug-likeness (QED) is 0.812. The fourth-order valence-electron chi connectivity index (χ4n) is 2.83. The number of nitrogens with zero attached hydrogens (tertiary/aromatic N) is 1. The summed E-state index contributed by atoms with van der Waals surface area (Å²) >= 11 is 1.17. The van der Waals surface area contributed by atoms with Crippen molar-refractivity contribution >= 4 is 38.2 Å². The molecule has 0 radical (unpaired) electrons. The maximum Gasteiger partial charge on any atom is 0.256 e. The minimum atomic E-state index is -3.62. The molecule has 0 aliphatic carbocycles. The van der Waals surface area contributed by atoms with Crippen LogP contribution >= 0.6 is 11.3 Å². The fraction of sp³-hybridized carbons (Fsp3) is 0.294. The molecule has 26 heavy (non-hydrogen) atoms. The lowest BCUT2D eigenvalue weighted by Crippen LogP contribution is -2.35. The Balaban J connectivity index is 1.83. The summed E-state index contributed by atoms with van der Waals surface area (Å²) in [6.45, 7) is 0.992. The third kappa shape index (κ3) is 3.79. The van der Waals surface area contributed by atoms with E-state index in [0.29, 0.717) is 18.1 Å². The van der Waals surface area contributed by atoms with Crippen LogP contribution in [0, 0.1) is 0 Å². The predicted octanol–water partition coefficient (Wildman–Crippen LogP) is 2.27. The second-order valence-corrected chi connectivity index (χ2v) is 8.83. The normalized spacial score (nSPS) is 15.5. The molecule has 1 saturated heterocycles. The summed E-state index contributed by atoms with van der Waals surface area (Å²) in [4.78, 5) is 23.9. The highest BCUT2D eigenvalue weighted by Crippen LogP contribution is 2.25. The van der Waals surface area contributed by atoms with E-state index >= 15 is 0 Å². The van der Waals surface area contributed by atoms with Crippen LogP contribution in [0.5, 0.6) is 0 Å². The number of amides is 2. The summed E-state index contributed by atoms with van der Waals surface area (Å²) in [5, 5.41) is 4.60. The lowest BCUT2D eigenvalue weighted by Gasteiger charge is -2.26. The Labute approximate surface area is 155 Å². The Morgan fingerprint density at radius 1 is 1.12 bits per heavy atom. The standard InChI is InChI=1S/C17H19N3O4S2/c18-15(21)14-7-10-25-17(14)19-16(22)12-5-4-6-13(11-12)26(23,24)20-8-2-1-3-9-20/h4-7,10-11H,1-3,8-9H2,(H2,18,21)(H,19,22). The van der Waals surface area contributed by atoms with E-state index in [1.807, 2.05) is 0 Å². The number of hydrogen-bond donors (Lipinski definition) is 2. The molecule has 0 unspecified atom stereocenters. The SMILES string of the molecule is NC(=O)c1ccsc1NC(=O)c1cccc(S(=O)(=O)N2CCCCC2)c1. The smallest absolute Gasteiger partial charge is 0.256 e. The van der Waals surface area contributed by atoms with E-state index in [0.717, 1.165) is 19.3 Å². The molecule has 1 aromatic carbocycles. The molecule has 0 atom stereocenters. The van der Waals surface area contributed by atoms with Crippen molar-refractivity contribution in [2.45, 2.75) is 24.2 Å². The van der Waals surface area contributed by atoms with Gasteiger partial charge < -0.3 is 11.1 Å². The molecule has 2 amide bonds. The largest absolute Gasteiger partial charge is 0.366 e. The summed E-state index contributed by atoms with van der Waals surface area (Å²) in [5.74, 6) is -1.13. The number of rotatable bonds is 5. The Morgan fingerprint density at radius 3 is 2.54 bits per heavy atom. The summed E-state index contributed by atoms with van der Waals surface area (Å²) in [6, 6.07) is 7.44. The van der Waals surface area contributed by atoms with Crippen molar-refractivity contribution in [2.75, 3.05) is 18.4 Å². The molecule has 138 valence electrons.